The number of hydrogen-bond donors (Lipinski definition) is 1. The highest BCUT2D eigenvalue weighted by molar-refractivity contribution is 5.11. The van der Waals surface area contributed by atoms with Gasteiger partial charge in [-0.3, -0.25) is 4.79 Å². The average molecular weight is 196 g/mol. The highest BCUT2D eigenvalue weighted by Crippen LogP contribution is 1.97. The topological polar surface area (TPSA) is 55.1 Å². The van der Waals surface area contributed by atoms with Gasteiger partial charge in [0.25, 0.3) is 5.56 Å². The number of nitrogens with zero attached hydrogens (tertiary/aromatic N) is 2. The van der Waals surface area contributed by atoms with Crippen LogP contribution in [0.15, 0.2) is 10.9 Å². The number of aryl methyl sites for hydroxylation is 2. The molecule has 4 heteroatoms. The number of rotatable bonds is 4. The Kier molecular flexibility index (Phi) is 3.83. The zero-order valence-electron chi connectivity index (χ0n) is 8.66. The van der Waals surface area contributed by atoms with Crippen molar-refractivity contribution in [3.63, 3.8) is 0 Å². The first kappa shape index (κ1) is 10.9. The monoisotopic (exact) mass is 196 g/mol. The molecular formula is C10H16N2O2. The quantitative estimate of drug-likeness (QED) is 0.776. The van der Waals surface area contributed by atoms with Gasteiger partial charge in [-0.1, -0.05) is 13.3 Å². The molecule has 78 valence electrons. The Labute approximate surface area is 83.2 Å². The van der Waals surface area contributed by atoms with Gasteiger partial charge in [-0.15, -0.1) is 0 Å². The van der Waals surface area contributed by atoms with Gasteiger partial charge < -0.3 is 5.11 Å². The molecule has 0 amide bonds. The van der Waals surface area contributed by atoms with E-state index in [2.05, 4.69) is 12.0 Å². The minimum atomic E-state index is -0.214. The van der Waals surface area contributed by atoms with Gasteiger partial charge in [0.1, 0.15) is 0 Å². The molecule has 0 spiro atoms. The lowest BCUT2D eigenvalue weighted by molar-refractivity contribution is 0.277. The maximum Gasteiger partial charge on any atom is 0.272 e. The highest BCUT2D eigenvalue weighted by atomic mass is 16.3. The lowest BCUT2D eigenvalue weighted by atomic mass is 10.2. The summed E-state index contributed by atoms with van der Waals surface area (Å²) in [5.74, 6) is 0. The van der Waals surface area contributed by atoms with Gasteiger partial charge in [0.15, 0.2) is 0 Å². The third-order valence-corrected chi connectivity index (χ3v) is 2.06. The predicted molar refractivity (Wildman–Crippen MR) is 54.1 cm³/mol. The van der Waals surface area contributed by atoms with E-state index < -0.39 is 0 Å². The lowest BCUT2D eigenvalue weighted by Gasteiger charge is -2.06. The first-order chi connectivity index (χ1) is 6.69. The van der Waals surface area contributed by atoms with Crippen molar-refractivity contribution < 1.29 is 5.11 Å². The summed E-state index contributed by atoms with van der Waals surface area (Å²) in [6.07, 6.45) is 1.96. The van der Waals surface area contributed by atoms with E-state index in [1.165, 1.54) is 4.68 Å². The molecule has 0 aliphatic rings. The molecule has 0 saturated carbocycles. The van der Waals surface area contributed by atoms with E-state index in [0.717, 1.165) is 18.5 Å². The van der Waals surface area contributed by atoms with Crippen molar-refractivity contribution in [3.05, 3.63) is 27.7 Å². The van der Waals surface area contributed by atoms with Gasteiger partial charge >= 0.3 is 0 Å². The molecule has 1 aromatic heterocycles. The minimum Gasteiger partial charge on any atom is -0.391 e. The number of aromatic nitrogens is 2. The van der Waals surface area contributed by atoms with Gasteiger partial charge in [0.05, 0.1) is 12.3 Å². The van der Waals surface area contributed by atoms with Crippen LogP contribution < -0.4 is 5.56 Å². The van der Waals surface area contributed by atoms with E-state index in [0.29, 0.717) is 12.1 Å². The van der Waals surface area contributed by atoms with Crippen LogP contribution in [0.2, 0.25) is 0 Å². The van der Waals surface area contributed by atoms with Crippen molar-refractivity contribution in [3.8, 4) is 0 Å². The summed E-state index contributed by atoms with van der Waals surface area (Å²) in [4.78, 5) is 11.6. The molecule has 0 fully saturated rings. The van der Waals surface area contributed by atoms with Crippen LogP contribution in [-0.4, -0.2) is 14.9 Å². The fourth-order valence-electron chi connectivity index (χ4n) is 1.32. The smallest absolute Gasteiger partial charge is 0.272 e. The Hall–Kier alpha value is -1.16. The third-order valence-electron chi connectivity index (χ3n) is 2.06. The number of hydrogen-bond acceptors (Lipinski definition) is 3. The fourth-order valence-corrected chi connectivity index (χ4v) is 1.32. The number of unbranched alkanes of at least 4 members (excludes halogenated alkanes) is 1. The predicted octanol–water partition coefficient (Wildman–Crippen LogP) is 0.844. The summed E-state index contributed by atoms with van der Waals surface area (Å²) in [5, 5.41) is 13.1. The van der Waals surface area contributed by atoms with Crippen molar-refractivity contribution >= 4 is 0 Å². The highest BCUT2D eigenvalue weighted by Gasteiger charge is 2.04. The molecule has 1 aromatic rings. The van der Waals surface area contributed by atoms with E-state index in [4.69, 9.17) is 5.11 Å². The van der Waals surface area contributed by atoms with E-state index in [1.54, 1.807) is 6.07 Å². The Morgan fingerprint density at radius 2 is 2.29 bits per heavy atom. The minimum absolute atomic E-state index is 0.174. The van der Waals surface area contributed by atoms with Crippen molar-refractivity contribution in [2.75, 3.05) is 0 Å². The maximum absolute atomic E-state index is 11.6. The van der Waals surface area contributed by atoms with Crippen molar-refractivity contribution in [1.29, 1.82) is 0 Å². The Morgan fingerprint density at radius 3 is 2.86 bits per heavy atom. The Bertz CT molecular complexity index is 358. The normalized spacial score (nSPS) is 10.5. The molecular weight excluding hydrogens is 180 g/mol. The molecule has 0 bridgehead atoms. The SMILES string of the molecule is CCCCn1nc(C)cc(CO)c1=O. The first-order valence-corrected chi connectivity index (χ1v) is 4.87. The van der Waals surface area contributed by atoms with Crippen LogP contribution in [0.3, 0.4) is 0 Å². The summed E-state index contributed by atoms with van der Waals surface area (Å²) in [7, 11) is 0. The molecule has 14 heavy (non-hydrogen) atoms. The molecule has 1 heterocycles. The van der Waals surface area contributed by atoms with E-state index >= 15 is 0 Å². The zero-order valence-corrected chi connectivity index (χ0v) is 8.66. The zero-order chi connectivity index (χ0) is 10.6. The molecule has 0 atom stereocenters. The molecule has 0 unspecified atom stereocenters. The van der Waals surface area contributed by atoms with E-state index in [1.807, 2.05) is 6.92 Å². The van der Waals surface area contributed by atoms with E-state index in [9.17, 15) is 4.79 Å². The van der Waals surface area contributed by atoms with Gasteiger partial charge in [0, 0.05) is 12.1 Å². The largest absolute Gasteiger partial charge is 0.391 e. The van der Waals surface area contributed by atoms with Crippen LogP contribution in [-0.2, 0) is 13.2 Å². The van der Waals surface area contributed by atoms with Gasteiger partial charge in [-0.2, -0.15) is 5.10 Å². The second kappa shape index (κ2) is 4.91. The van der Waals surface area contributed by atoms with Gasteiger partial charge in [-0.05, 0) is 19.4 Å². The molecule has 0 saturated heterocycles. The maximum atomic E-state index is 11.6. The number of aliphatic hydroxyl groups excluding tert-OH is 1. The average Bonchev–Trinajstić information content (AvgIpc) is 2.18. The first-order valence-electron chi connectivity index (χ1n) is 4.87. The molecule has 1 rings (SSSR count). The van der Waals surface area contributed by atoms with Crippen LogP contribution >= 0.6 is 0 Å². The summed E-state index contributed by atoms with van der Waals surface area (Å²) < 4.78 is 1.43. The van der Waals surface area contributed by atoms with Crippen LogP contribution in [0.25, 0.3) is 0 Å². The van der Waals surface area contributed by atoms with Gasteiger partial charge in [0.2, 0.25) is 0 Å². The Balaban J connectivity index is 3.03. The summed E-state index contributed by atoms with van der Waals surface area (Å²) in [6, 6.07) is 1.63. The molecule has 4 nitrogen and oxygen atoms in total. The molecule has 0 aliphatic carbocycles. The van der Waals surface area contributed by atoms with Crippen molar-refractivity contribution in [1.82, 2.24) is 9.78 Å². The van der Waals surface area contributed by atoms with Crippen molar-refractivity contribution in [2.24, 2.45) is 0 Å². The van der Waals surface area contributed by atoms with Gasteiger partial charge in [-0.25, -0.2) is 4.68 Å². The van der Waals surface area contributed by atoms with E-state index in [-0.39, 0.29) is 12.2 Å². The third kappa shape index (κ3) is 2.42. The van der Waals surface area contributed by atoms with Crippen LogP contribution in [0, 0.1) is 6.92 Å². The molecule has 0 aliphatic heterocycles. The lowest BCUT2D eigenvalue weighted by Crippen LogP contribution is -2.27. The second-order valence-corrected chi connectivity index (χ2v) is 3.35. The standard InChI is InChI=1S/C10H16N2O2/c1-3-4-5-12-10(14)9(7-13)6-8(2)11-12/h6,13H,3-5,7H2,1-2H3. The summed E-state index contributed by atoms with van der Waals surface area (Å²) >= 11 is 0. The fraction of sp³-hybridized carbons (Fsp3) is 0.600. The molecule has 1 N–H and O–H groups in total. The Morgan fingerprint density at radius 1 is 1.57 bits per heavy atom. The molecule has 0 radical (unpaired) electrons. The summed E-state index contributed by atoms with van der Waals surface area (Å²) in [5.41, 5.74) is 1.02. The van der Waals surface area contributed by atoms with Crippen LogP contribution in [0.4, 0.5) is 0 Å². The summed E-state index contributed by atoms with van der Waals surface area (Å²) in [6.45, 7) is 4.30. The van der Waals surface area contributed by atoms with Crippen molar-refractivity contribution in [2.45, 2.75) is 39.8 Å². The number of aliphatic hydroxyl groups is 1. The molecule has 0 aromatic carbocycles. The van der Waals surface area contributed by atoms with Crippen LogP contribution in [0.1, 0.15) is 31.0 Å². The second-order valence-electron chi connectivity index (χ2n) is 3.35. The van der Waals surface area contributed by atoms with Crippen LogP contribution in [0.5, 0.6) is 0 Å².